The zero-order valence-corrected chi connectivity index (χ0v) is 14.4. The number of urea groups is 1. The summed E-state index contributed by atoms with van der Waals surface area (Å²) >= 11 is 1.59. The first-order valence-corrected chi connectivity index (χ1v) is 8.57. The van der Waals surface area contributed by atoms with Gasteiger partial charge < -0.3 is 10.6 Å². The molecule has 1 aromatic carbocycles. The van der Waals surface area contributed by atoms with Crippen LogP contribution in [0.5, 0.6) is 0 Å². The molecule has 0 saturated carbocycles. The number of hydrogen-bond acceptors (Lipinski definition) is 4. The molecule has 1 unspecified atom stereocenters. The number of hydrogen-bond donors (Lipinski definition) is 2. The maximum absolute atomic E-state index is 12.2. The number of aromatic nitrogens is 3. The van der Waals surface area contributed by atoms with Crippen molar-refractivity contribution >= 4 is 23.1 Å². The van der Waals surface area contributed by atoms with Crippen LogP contribution in [0.1, 0.15) is 23.5 Å². The third-order valence-electron chi connectivity index (χ3n) is 3.56. The molecule has 2 aromatic heterocycles. The summed E-state index contributed by atoms with van der Waals surface area (Å²) in [6.45, 7) is 4.50. The topological polar surface area (TPSA) is 71.8 Å². The minimum atomic E-state index is -0.241. The average Bonchev–Trinajstić information content (AvgIpc) is 3.25. The Labute approximate surface area is 144 Å². The molecule has 0 aliphatic carbocycles. The molecule has 0 aliphatic rings. The molecular weight excluding hydrogens is 322 g/mol. The molecule has 6 nitrogen and oxygen atoms in total. The van der Waals surface area contributed by atoms with Crippen molar-refractivity contribution in [3.8, 4) is 5.69 Å². The van der Waals surface area contributed by atoms with Gasteiger partial charge in [-0.1, -0.05) is 19.1 Å². The average molecular weight is 341 g/mol. The number of para-hydroxylation sites is 2. The second kappa shape index (κ2) is 7.27. The smallest absolute Gasteiger partial charge is 0.319 e. The number of nitrogens with zero attached hydrogens (tertiary/aromatic N) is 3. The number of benzene rings is 1. The zero-order valence-electron chi connectivity index (χ0n) is 13.6. The van der Waals surface area contributed by atoms with Gasteiger partial charge in [0.15, 0.2) is 0 Å². The van der Waals surface area contributed by atoms with Crippen LogP contribution in [0, 0.1) is 6.92 Å². The van der Waals surface area contributed by atoms with Gasteiger partial charge >= 0.3 is 6.03 Å². The van der Waals surface area contributed by atoms with Gasteiger partial charge in [-0.25, -0.2) is 14.5 Å². The van der Waals surface area contributed by atoms with E-state index >= 15 is 0 Å². The summed E-state index contributed by atoms with van der Waals surface area (Å²) in [5, 5.41) is 13.1. The van der Waals surface area contributed by atoms with Crippen molar-refractivity contribution in [3.63, 3.8) is 0 Å². The normalized spacial score (nSPS) is 11.9. The van der Waals surface area contributed by atoms with Crippen LogP contribution in [-0.4, -0.2) is 27.3 Å². The highest BCUT2D eigenvalue weighted by atomic mass is 32.1. The number of carbonyl (C=O) groups is 1. The highest BCUT2D eigenvalue weighted by Gasteiger charge is 2.12. The Morgan fingerprint density at radius 3 is 2.88 bits per heavy atom. The number of carbonyl (C=O) groups excluding carboxylic acids is 1. The van der Waals surface area contributed by atoms with E-state index in [1.807, 2.05) is 55.8 Å². The van der Waals surface area contributed by atoms with E-state index in [1.165, 1.54) is 0 Å². The lowest BCUT2D eigenvalue weighted by Gasteiger charge is -2.13. The van der Waals surface area contributed by atoms with Gasteiger partial charge in [0.1, 0.15) is 0 Å². The van der Waals surface area contributed by atoms with Crippen LogP contribution in [0.2, 0.25) is 0 Å². The maximum atomic E-state index is 12.2. The summed E-state index contributed by atoms with van der Waals surface area (Å²) < 4.78 is 1.75. The summed E-state index contributed by atoms with van der Waals surface area (Å²) in [5.41, 5.74) is 2.46. The van der Waals surface area contributed by atoms with Crippen molar-refractivity contribution in [2.24, 2.45) is 0 Å². The molecule has 7 heteroatoms. The quantitative estimate of drug-likeness (QED) is 0.745. The summed E-state index contributed by atoms with van der Waals surface area (Å²) in [5.74, 6) is 0.180. The summed E-state index contributed by atoms with van der Waals surface area (Å²) in [6, 6.07) is 9.26. The van der Waals surface area contributed by atoms with Gasteiger partial charge in [0.05, 0.1) is 22.1 Å². The SMILES string of the molecule is Cc1ccn(-c2ccccc2NC(=O)NCC(C)c2nccs2)n1. The number of aryl methyl sites for hydroxylation is 1. The van der Waals surface area contributed by atoms with Gasteiger partial charge in [-0.15, -0.1) is 11.3 Å². The van der Waals surface area contributed by atoms with Crippen molar-refractivity contribution in [2.45, 2.75) is 19.8 Å². The Morgan fingerprint density at radius 1 is 1.33 bits per heavy atom. The molecular formula is C17H19N5OS. The molecule has 0 saturated heterocycles. The monoisotopic (exact) mass is 341 g/mol. The minimum absolute atomic E-state index is 0.180. The van der Waals surface area contributed by atoms with E-state index in [0.29, 0.717) is 12.2 Å². The lowest BCUT2D eigenvalue weighted by molar-refractivity contribution is 0.251. The number of anilines is 1. The van der Waals surface area contributed by atoms with Gasteiger partial charge in [-0.05, 0) is 25.1 Å². The molecule has 124 valence electrons. The van der Waals surface area contributed by atoms with Crippen molar-refractivity contribution in [1.29, 1.82) is 0 Å². The largest absolute Gasteiger partial charge is 0.337 e. The molecule has 1 atom stereocenters. The standard InChI is InChI=1S/C17H19N5OS/c1-12(16-18-8-10-24-16)11-19-17(23)20-14-5-3-4-6-15(14)22-9-7-13(2)21-22/h3-10,12H,11H2,1-2H3,(H2,19,20,23). The molecule has 0 fully saturated rings. The Kier molecular flexibility index (Phi) is 4.90. The molecule has 3 rings (SSSR count). The first kappa shape index (κ1) is 16.2. The Bertz CT molecular complexity index is 812. The Morgan fingerprint density at radius 2 is 2.17 bits per heavy atom. The van der Waals surface area contributed by atoms with Crippen molar-refractivity contribution in [1.82, 2.24) is 20.1 Å². The van der Waals surface area contributed by atoms with Crippen LogP contribution in [0.4, 0.5) is 10.5 Å². The van der Waals surface area contributed by atoms with Crippen LogP contribution in [0.25, 0.3) is 5.69 Å². The first-order valence-electron chi connectivity index (χ1n) is 7.69. The number of rotatable bonds is 5. The van der Waals surface area contributed by atoms with E-state index in [0.717, 1.165) is 16.4 Å². The molecule has 3 aromatic rings. The fourth-order valence-electron chi connectivity index (χ4n) is 2.31. The lowest BCUT2D eigenvalue weighted by atomic mass is 10.2. The van der Waals surface area contributed by atoms with E-state index in [9.17, 15) is 4.79 Å². The molecule has 2 heterocycles. The van der Waals surface area contributed by atoms with Crippen molar-refractivity contribution in [3.05, 3.63) is 58.8 Å². The maximum Gasteiger partial charge on any atom is 0.319 e. The molecule has 0 bridgehead atoms. The highest BCUT2D eigenvalue weighted by molar-refractivity contribution is 7.09. The number of amides is 2. The lowest BCUT2D eigenvalue weighted by Crippen LogP contribution is -2.32. The summed E-state index contributed by atoms with van der Waals surface area (Å²) in [4.78, 5) is 16.5. The number of nitrogens with one attached hydrogen (secondary N) is 2. The van der Waals surface area contributed by atoms with Gasteiger partial charge in [0.25, 0.3) is 0 Å². The van der Waals surface area contributed by atoms with E-state index in [2.05, 4.69) is 20.7 Å². The van der Waals surface area contributed by atoms with E-state index in [4.69, 9.17) is 0 Å². The number of thiazole rings is 1. The second-order valence-corrected chi connectivity index (χ2v) is 6.45. The van der Waals surface area contributed by atoms with Gasteiger partial charge in [0.2, 0.25) is 0 Å². The summed E-state index contributed by atoms with van der Waals surface area (Å²) in [6.07, 6.45) is 3.65. The van der Waals surface area contributed by atoms with Crippen LogP contribution >= 0.6 is 11.3 Å². The zero-order chi connectivity index (χ0) is 16.9. The molecule has 2 N–H and O–H groups in total. The van der Waals surface area contributed by atoms with Crippen molar-refractivity contribution in [2.75, 3.05) is 11.9 Å². The van der Waals surface area contributed by atoms with Crippen LogP contribution < -0.4 is 10.6 Å². The Hall–Kier alpha value is -2.67. The first-order chi connectivity index (χ1) is 11.6. The van der Waals surface area contributed by atoms with Crippen molar-refractivity contribution < 1.29 is 4.79 Å². The van der Waals surface area contributed by atoms with E-state index in [-0.39, 0.29) is 11.9 Å². The fourth-order valence-corrected chi connectivity index (χ4v) is 3.00. The highest BCUT2D eigenvalue weighted by Crippen LogP contribution is 2.20. The molecule has 0 aliphatic heterocycles. The van der Waals surface area contributed by atoms with Gasteiger partial charge in [0, 0.05) is 30.2 Å². The van der Waals surface area contributed by atoms with Crippen LogP contribution in [-0.2, 0) is 0 Å². The molecule has 2 amide bonds. The second-order valence-electron chi connectivity index (χ2n) is 5.53. The predicted molar refractivity (Wildman–Crippen MR) is 95.9 cm³/mol. The summed E-state index contributed by atoms with van der Waals surface area (Å²) in [7, 11) is 0. The Balaban J connectivity index is 1.64. The predicted octanol–water partition coefficient (Wildman–Crippen LogP) is 3.56. The third-order valence-corrected chi connectivity index (χ3v) is 4.57. The van der Waals surface area contributed by atoms with Crippen LogP contribution in [0.15, 0.2) is 48.1 Å². The van der Waals surface area contributed by atoms with E-state index in [1.54, 1.807) is 22.2 Å². The molecule has 24 heavy (non-hydrogen) atoms. The van der Waals surface area contributed by atoms with E-state index < -0.39 is 0 Å². The third kappa shape index (κ3) is 3.80. The fraction of sp³-hybridized carbons (Fsp3) is 0.235. The van der Waals surface area contributed by atoms with Gasteiger partial charge in [-0.3, -0.25) is 0 Å². The van der Waals surface area contributed by atoms with Gasteiger partial charge in [-0.2, -0.15) is 5.10 Å². The molecule has 0 spiro atoms. The minimum Gasteiger partial charge on any atom is -0.337 e. The molecule has 0 radical (unpaired) electrons. The van der Waals surface area contributed by atoms with Crippen LogP contribution in [0.3, 0.4) is 0 Å².